The second kappa shape index (κ2) is 5.13. The van der Waals surface area contributed by atoms with Crippen molar-refractivity contribution in [3.05, 3.63) is 0 Å². The van der Waals surface area contributed by atoms with E-state index in [1.54, 1.807) is 0 Å². The van der Waals surface area contributed by atoms with E-state index in [9.17, 15) is 0 Å². The zero-order valence-electron chi connectivity index (χ0n) is 10.1. The molecule has 0 amide bonds. The quantitative estimate of drug-likeness (QED) is 0.753. The average Bonchev–Trinajstić information content (AvgIpc) is 2.06. The molecule has 1 rings (SSSR count). The predicted molar refractivity (Wildman–Crippen MR) is 62.3 cm³/mol. The Bertz CT molecular complexity index is 152. The van der Waals surface area contributed by atoms with Crippen molar-refractivity contribution >= 4 is 0 Å². The molecule has 0 radical (unpaired) electrons. The number of hydrogen-bond donors (Lipinski definition) is 1. The molecule has 0 aliphatic carbocycles. The van der Waals surface area contributed by atoms with Crippen LogP contribution in [-0.4, -0.2) is 30.6 Å². The first-order valence-corrected chi connectivity index (χ1v) is 5.95. The van der Waals surface area contributed by atoms with Crippen LogP contribution in [0.4, 0.5) is 0 Å². The summed E-state index contributed by atoms with van der Waals surface area (Å²) < 4.78 is 0. The number of likely N-dealkylation sites (tertiary alicyclic amines) is 1. The van der Waals surface area contributed by atoms with Gasteiger partial charge in [-0.2, -0.15) is 0 Å². The van der Waals surface area contributed by atoms with Crippen molar-refractivity contribution in [1.82, 2.24) is 4.90 Å². The van der Waals surface area contributed by atoms with Crippen LogP contribution in [0.25, 0.3) is 0 Å². The van der Waals surface area contributed by atoms with Gasteiger partial charge in [-0.15, -0.1) is 0 Å². The van der Waals surface area contributed by atoms with Gasteiger partial charge < -0.3 is 10.6 Å². The van der Waals surface area contributed by atoms with Crippen LogP contribution in [0.15, 0.2) is 0 Å². The van der Waals surface area contributed by atoms with E-state index < -0.39 is 0 Å². The Labute approximate surface area is 88.8 Å². The van der Waals surface area contributed by atoms with E-state index >= 15 is 0 Å². The molecule has 0 unspecified atom stereocenters. The number of rotatable bonds is 3. The summed E-state index contributed by atoms with van der Waals surface area (Å²) in [5.41, 5.74) is 6.36. The number of nitrogens with zero attached hydrogens (tertiary/aromatic N) is 1. The van der Waals surface area contributed by atoms with Gasteiger partial charge in [-0.05, 0) is 50.7 Å². The molecular weight excluding hydrogens is 172 g/mol. The van der Waals surface area contributed by atoms with E-state index in [4.69, 9.17) is 5.73 Å². The molecule has 2 nitrogen and oxygen atoms in total. The average molecular weight is 198 g/mol. The van der Waals surface area contributed by atoms with Crippen LogP contribution < -0.4 is 5.73 Å². The van der Waals surface area contributed by atoms with Gasteiger partial charge in [0.25, 0.3) is 0 Å². The molecule has 0 aromatic carbocycles. The van der Waals surface area contributed by atoms with Crippen LogP contribution >= 0.6 is 0 Å². The maximum Gasteiger partial charge on any atom is 0.00631 e. The first kappa shape index (κ1) is 12.0. The van der Waals surface area contributed by atoms with E-state index in [0.717, 1.165) is 0 Å². The smallest absolute Gasteiger partial charge is 0.00631 e. The molecule has 84 valence electrons. The van der Waals surface area contributed by atoms with Gasteiger partial charge in [-0.1, -0.05) is 20.8 Å². The molecule has 1 saturated heterocycles. The Hall–Kier alpha value is -0.0800. The Morgan fingerprint density at radius 3 is 2.29 bits per heavy atom. The fourth-order valence-corrected chi connectivity index (χ4v) is 2.01. The van der Waals surface area contributed by atoms with Gasteiger partial charge in [0.1, 0.15) is 0 Å². The molecule has 1 aliphatic rings. The topological polar surface area (TPSA) is 29.3 Å². The maximum atomic E-state index is 5.87. The molecule has 0 saturated carbocycles. The van der Waals surface area contributed by atoms with Crippen molar-refractivity contribution in [2.75, 3.05) is 19.6 Å². The summed E-state index contributed by atoms with van der Waals surface area (Å²) in [4.78, 5) is 2.56. The third kappa shape index (κ3) is 4.97. The molecule has 2 N–H and O–H groups in total. The van der Waals surface area contributed by atoms with Gasteiger partial charge in [-0.25, -0.2) is 0 Å². The van der Waals surface area contributed by atoms with Crippen LogP contribution in [-0.2, 0) is 0 Å². The molecule has 1 heterocycles. The molecular formula is C12H26N2. The molecule has 1 fully saturated rings. The number of hydrogen-bond acceptors (Lipinski definition) is 2. The Morgan fingerprint density at radius 1 is 1.21 bits per heavy atom. The third-order valence-corrected chi connectivity index (χ3v) is 3.03. The standard InChI is InChI=1S/C12H26N2/c1-12(2,3)7-4-8-14-9-5-11(13)6-10-14/h11H,4-10,13H2,1-3H3. The zero-order valence-corrected chi connectivity index (χ0v) is 10.1. The summed E-state index contributed by atoms with van der Waals surface area (Å²) in [5, 5.41) is 0. The summed E-state index contributed by atoms with van der Waals surface area (Å²) in [7, 11) is 0. The minimum atomic E-state index is 0.467. The lowest BCUT2D eigenvalue weighted by atomic mass is 9.90. The fraction of sp³-hybridized carbons (Fsp3) is 1.00. The SMILES string of the molecule is CC(C)(C)CCCN1CCC(N)CC1. The Balaban J connectivity index is 2.08. The molecule has 0 aromatic heterocycles. The molecule has 0 atom stereocenters. The van der Waals surface area contributed by atoms with E-state index in [1.807, 2.05) is 0 Å². The first-order chi connectivity index (χ1) is 6.47. The van der Waals surface area contributed by atoms with Crippen molar-refractivity contribution in [2.45, 2.75) is 52.5 Å². The van der Waals surface area contributed by atoms with Crippen LogP contribution in [0, 0.1) is 5.41 Å². The van der Waals surface area contributed by atoms with Crippen molar-refractivity contribution < 1.29 is 0 Å². The van der Waals surface area contributed by atoms with Gasteiger partial charge in [0.05, 0.1) is 0 Å². The van der Waals surface area contributed by atoms with Crippen LogP contribution in [0.2, 0.25) is 0 Å². The van der Waals surface area contributed by atoms with Crippen molar-refractivity contribution in [1.29, 1.82) is 0 Å². The maximum absolute atomic E-state index is 5.87. The largest absolute Gasteiger partial charge is 0.328 e. The summed E-state index contributed by atoms with van der Waals surface area (Å²) in [6, 6.07) is 0.467. The third-order valence-electron chi connectivity index (χ3n) is 3.03. The van der Waals surface area contributed by atoms with Gasteiger partial charge >= 0.3 is 0 Å². The molecule has 2 heteroatoms. The lowest BCUT2D eigenvalue weighted by Crippen LogP contribution is -2.40. The first-order valence-electron chi connectivity index (χ1n) is 5.95. The van der Waals surface area contributed by atoms with Gasteiger partial charge in [-0.3, -0.25) is 0 Å². The Morgan fingerprint density at radius 2 is 1.79 bits per heavy atom. The molecule has 0 bridgehead atoms. The van der Waals surface area contributed by atoms with E-state index in [-0.39, 0.29) is 0 Å². The van der Waals surface area contributed by atoms with Crippen molar-refractivity contribution in [3.63, 3.8) is 0 Å². The van der Waals surface area contributed by atoms with Crippen molar-refractivity contribution in [2.24, 2.45) is 11.1 Å². The minimum Gasteiger partial charge on any atom is -0.328 e. The van der Waals surface area contributed by atoms with Crippen molar-refractivity contribution in [3.8, 4) is 0 Å². The summed E-state index contributed by atoms with van der Waals surface area (Å²) in [5.74, 6) is 0. The fourth-order valence-electron chi connectivity index (χ4n) is 2.01. The predicted octanol–water partition coefficient (Wildman–Crippen LogP) is 2.24. The zero-order chi connectivity index (χ0) is 10.6. The molecule has 14 heavy (non-hydrogen) atoms. The number of piperidine rings is 1. The highest BCUT2D eigenvalue weighted by Gasteiger charge is 2.16. The van der Waals surface area contributed by atoms with E-state index in [1.165, 1.54) is 45.3 Å². The molecule has 0 aromatic rings. The van der Waals surface area contributed by atoms with E-state index in [2.05, 4.69) is 25.7 Å². The highest BCUT2D eigenvalue weighted by molar-refractivity contribution is 4.74. The lowest BCUT2D eigenvalue weighted by molar-refractivity contribution is 0.200. The summed E-state index contributed by atoms with van der Waals surface area (Å²) in [6.07, 6.45) is 5.04. The minimum absolute atomic E-state index is 0.467. The van der Waals surface area contributed by atoms with E-state index in [0.29, 0.717) is 11.5 Å². The van der Waals surface area contributed by atoms with Crippen LogP contribution in [0.1, 0.15) is 46.5 Å². The second-order valence-electron chi connectivity index (χ2n) is 5.84. The normalized spacial score (nSPS) is 21.4. The monoisotopic (exact) mass is 198 g/mol. The summed E-state index contributed by atoms with van der Waals surface area (Å²) in [6.45, 7) is 10.7. The number of nitrogens with two attached hydrogens (primary N) is 1. The van der Waals surface area contributed by atoms with Gasteiger partial charge in [0, 0.05) is 6.04 Å². The summed E-state index contributed by atoms with van der Waals surface area (Å²) >= 11 is 0. The van der Waals surface area contributed by atoms with Gasteiger partial charge in [0.2, 0.25) is 0 Å². The van der Waals surface area contributed by atoms with Crippen LogP contribution in [0.5, 0.6) is 0 Å². The van der Waals surface area contributed by atoms with Gasteiger partial charge in [0.15, 0.2) is 0 Å². The Kier molecular flexibility index (Phi) is 4.39. The van der Waals surface area contributed by atoms with Crippen LogP contribution in [0.3, 0.4) is 0 Å². The molecule has 0 spiro atoms. The highest BCUT2D eigenvalue weighted by Crippen LogP contribution is 2.21. The molecule has 1 aliphatic heterocycles. The lowest BCUT2D eigenvalue weighted by Gasteiger charge is -2.30. The highest BCUT2D eigenvalue weighted by atomic mass is 15.1. The second-order valence-corrected chi connectivity index (χ2v) is 5.84.